The Morgan fingerprint density at radius 1 is 1.09 bits per heavy atom. The molecule has 4 rings (SSSR count). The van der Waals surface area contributed by atoms with Crippen LogP contribution in [0.15, 0.2) is 65.0 Å². The van der Waals surface area contributed by atoms with Gasteiger partial charge in [-0.3, -0.25) is 14.2 Å². The van der Waals surface area contributed by atoms with Crippen molar-refractivity contribution in [1.82, 2.24) is 14.9 Å². The first-order chi connectivity index (χ1) is 16.0. The highest BCUT2D eigenvalue weighted by Crippen LogP contribution is 2.30. The highest BCUT2D eigenvalue weighted by molar-refractivity contribution is 7.17. The standard InChI is InChI=1S/C26H27N3O3S/c1-3-32-15-20-8-6-19(7-9-20)14-27-23(30)12-13-29-17-28-25-24(26(29)31)22(16-33-25)21-10-4-18(2)5-11-21/h4-11,16-17H,3,12-15H2,1-2H3,(H,27,30). The van der Waals surface area contributed by atoms with Crippen LogP contribution in [0.4, 0.5) is 0 Å². The van der Waals surface area contributed by atoms with Crippen LogP contribution in [-0.2, 0) is 29.2 Å². The van der Waals surface area contributed by atoms with Crippen molar-refractivity contribution in [3.8, 4) is 11.1 Å². The lowest BCUT2D eigenvalue weighted by Gasteiger charge is -2.08. The van der Waals surface area contributed by atoms with Crippen molar-refractivity contribution in [2.24, 2.45) is 0 Å². The molecule has 2 heterocycles. The molecule has 0 unspecified atom stereocenters. The van der Waals surface area contributed by atoms with Gasteiger partial charge in [0.15, 0.2) is 0 Å². The van der Waals surface area contributed by atoms with E-state index in [2.05, 4.69) is 10.3 Å². The van der Waals surface area contributed by atoms with E-state index in [1.165, 1.54) is 27.8 Å². The first-order valence-electron chi connectivity index (χ1n) is 11.0. The lowest BCUT2D eigenvalue weighted by atomic mass is 10.1. The number of aromatic nitrogens is 2. The van der Waals surface area contributed by atoms with Gasteiger partial charge in [-0.25, -0.2) is 4.98 Å². The first-order valence-corrected chi connectivity index (χ1v) is 11.9. The molecule has 0 aliphatic carbocycles. The number of carbonyl (C=O) groups is 1. The van der Waals surface area contributed by atoms with Crippen molar-refractivity contribution in [1.29, 1.82) is 0 Å². The predicted octanol–water partition coefficient (Wildman–Crippen LogP) is 4.68. The first kappa shape index (κ1) is 22.9. The molecule has 1 N–H and O–H groups in total. The Labute approximate surface area is 196 Å². The van der Waals surface area contributed by atoms with Crippen molar-refractivity contribution in [3.63, 3.8) is 0 Å². The highest BCUT2D eigenvalue weighted by Gasteiger charge is 2.14. The number of benzene rings is 2. The van der Waals surface area contributed by atoms with Crippen LogP contribution < -0.4 is 10.9 Å². The number of fused-ring (bicyclic) bond motifs is 1. The number of carbonyl (C=O) groups excluding carboxylic acids is 1. The number of aryl methyl sites for hydroxylation is 2. The third-order valence-corrected chi connectivity index (χ3v) is 6.37. The Hall–Kier alpha value is -3.29. The summed E-state index contributed by atoms with van der Waals surface area (Å²) in [6, 6.07) is 16.1. The summed E-state index contributed by atoms with van der Waals surface area (Å²) in [7, 11) is 0. The van der Waals surface area contributed by atoms with E-state index in [0.717, 1.165) is 22.3 Å². The van der Waals surface area contributed by atoms with E-state index in [1.807, 2.05) is 67.8 Å². The number of nitrogens with one attached hydrogen (secondary N) is 1. The van der Waals surface area contributed by atoms with Crippen molar-refractivity contribution in [2.75, 3.05) is 6.61 Å². The fraction of sp³-hybridized carbons (Fsp3) is 0.269. The normalized spacial score (nSPS) is 11.1. The smallest absolute Gasteiger partial charge is 0.262 e. The topological polar surface area (TPSA) is 73.2 Å². The van der Waals surface area contributed by atoms with E-state index in [4.69, 9.17) is 4.74 Å². The second kappa shape index (κ2) is 10.6. The van der Waals surface area contributed by atoms with Gasteiger partial charge in [-0.1, -0.05) is 54.1 Å². The highest BCUT2D eigenvalue weighted by atomic mass is 32.1. The molecule has 2 aromatic carbocycles. The van der Waals surface area contributed by atoms with E-state index >= 15 is 0 Å². The van der Waals surface area contributed by atoms with Gasteiger partial charge in [-0.2, -0.15) is 0 Å². The third kappa shape index (κ3) is 5.56. The Balaban J connectivity index is 1.39. The monoisotopic (exact) mass is 461 g/mol. The van der Waals surface area contributed by atoms with Gasteiger partial charge in [0.1, 0.15) is 4.83 Å². The molecule has 0 saturated heterocycles. The molecule has 6 nitrogen and oxygen atoms in total. The Morgan fingerprint density at radius 2 is 1.82 bits per heavy atom. The average Bonchev–Trinajstić information content (AvgIpc) is 3.27. The maximum absolute atomic E-state index is 13.1. The van der Waals surface area contributed by atoms with Crippen LogP contribution in [0, 0.1) is 6.92 Å². The summed E-state index contributed by atoms with van der Waals surface area (Å²) in [6.07, 6.45) is 1.74. The second-order valence-corrected chi connectivity index (χ2v) is 8.78. The predicted molar refractivity (Wildman–Crippen MR) is 132 cm³/mol. The molecule has 1 amide bonds. The minimum Gasteiger partial charge on any atom is -0.377 e. The second-order valence-electron chi connectivity index (χ2n) is 7.92. The fourth-order valence-corrected chi connectivity index (χ4v) is 4.46. The SMILES string of the molecule is CCOCc1ccc(CNC(=O)CCn2cnc3scc(-c4ccc(C)cc4)c3c2=O)cc1. The van der Waals surface area contributed by atoms with Crippen LogP contribution in [0.3, 0.4) is 0 Å². The molecule has 0 bridgehead atoms. The third-order valence-electron chi connectivity index (χ3n) is 5.49. The summed E-state index contributed by atoms with van der Waals surface area (Å²) in [5, 5.41) is 5.50. The number of nitrogens with zero attached hydrogens (tertiary/aromatic N) is 2. The quantitative estimate of drug-likeness (QED) is 0.393. The number of rotatable bonds is 9. The van der Waals surface area contributed by atoms with Gasteiger partial charge in [-0.15, -0.1) is 11.3 Å². The minimum atomic E-state index is -0.116. The summed E-state index contributed by atoms with van der Waals surface area (Å²) < 4.78 is 6.92. The summed E-state index contributed by atoms with van der Waals surface area (Å²) in [5.74, 6) is -0.107. The van der Waals surface area contributed by atoms with Crippen LogP contribution in [0.1, 0.15) is 30.0 Å². The molecule has 0 fully saturated rings. The lowest BCUT2D eigenvalue weighted by molar-refractivity contribution is -0.121. The van der Waals surface area contributed by atoms with Gasteiger partial charge in [0.2, 0.25) is 5.91 Å². The average molecular weight is 462 g/mol. The molecule has 170 valence electrons. The molecular formula is C26H27N3O3S. The van der Waals surface area contributed by atoms with E-state index in [9.17, 15) is 9.59 Å². The largest absolute Gasteiger partial charge is 0.377 e. The van der Waals surface area contributed by atoms with Gasteiger partial charge < -0.3 is 10.1 Å². The van der Waals surface area contributed by atoms with Crippen molar-refractivity contribution in [3.05, 3.63) is 87.3 Å². The van der Waals surface area contributed by atoms with Gasteiger partial charge in [0.05, 0.1) is 18.3 Å². The minimum absolute atomic E-state index is 0.107. The Morgan fingerprint density at radius 3 is 2.55 bits per heavy atom. The lowest BCUT2D eigenvalue weighted by Crippen LogP contribution is -2.27. The molecular weight excluding hydrogens is 434 g/mol. The Kier molecular flexibility index (Phi) is 7.32. The number of hydrogen-bond acceptors (Lipinski definition) is 5. The number of ether oxygens (including phenoxy) is 1. The van der Waals surface area contributed by atoms with Crippen LogP contribution >= 0.6 is 11.3 Å². The summed E-state index contributed by atoms with van der Waals surface area (Å²) in [6.45, 7) is 6.00. The molecule has 0 radical (unpaired) electrons. The molecule has 0 aliphatic heterocycles. The molecule has 33 heavy (non-hydrogen) atoms. The number of thiophene rings is 1. The Bertz CT molecular complexity index is 1290. The van der Waals surface area contributed by atoms with Crippen LogP contribution in [-0.4, -0.2) is 22.1 Å². The van der Waals surface area contributed by atoms with Crippen molar-refractivity contribution >= 4 is 27.5 Å². The van der Waals surface area contributed by atoms with E-state index < -0.39 is 0 Å². The molecule has 4 aromatic rings. The van der Waals surface area contributed by atoms with Crippen molar-refractivity contribution in [2.45, 2.75) is 40.0 Å². The maximum Gasteiger partial charge on any atom is 0.262 e. The van der Waals surface area contributed by atoms with Crippen LogP contribution in [0.25, 0.3) is 21.3 Å². The van der Waals surface area contributed by atoms with Crippen LogP contribution in [0.2, 0.25) is 0 Å². The zero-order valence-corrected chi connectivity index (χ0v) is 19.7. The van der Waals surface area contributed by atoms with Crippen LogP contribution in [0.5, 0.6) is 0 Å². The summed E-state index contributed by atoms with van der Waals surface area (Å²) in [5.41, 5.74) is 5.06. The van der Waals surface area contributed by atoms with Crippen molar-refractivity contribution < 1.29 is 9.53 Å². The number of amides is 1. The zero-order valence-electron chi connectivity index (χ0n) is 18.8. The summed E-state index contributed by atoms with van der Waals surface area (Å²) >= 11 is 1.46. The molecule has 0 atom stereocenters. The summed E-state index contributed by atoms with van der Waals surface area (Å²) in [4.78, 5) is 30.7. The molecule has 2 aromatic heterocycles. The molecule has 0 aliphatic rings. The molecule has 0 spiro atoms. The molecule has 7 heteroatoms. The fourth-order valence-electron chi connectivity index (χ4n) is 3.56. The van der Waals surface area contributed by atoms with Gasteiger partial charge in [0.25, 0.3) is 5.56 Å². The van der Waals surface area contributed by atoms with Gasteiger partial charge in [-0.05, 0) is 30.5 Å². The van der Waals surface area contributed by atoms with E-state index in [-0.39, 0.29) is 24.4 Å². The van der Waals surface area contributed by atoms with Gasteiger partial charge >= 0.3 is 0 Å². The maximum atomic E-state index is 13.1. The molecule has 0 saturated carbocycles. The number of hydrogen-bond donors (Lipinski definition) is 1. The zero-order chi connectivity index (χ0) is 23.2. The van der Waals surface area contributed by atoms with Gasteiger partial charge in [0, 0.05) is 37.1 Å². The van der Waals surface area contributed by atoms with E-state index in [1.54, 1.807) is 0 Å². The van der Waals surface area contributed by atoms with E-state index in [0.29, 0.717) is 30.0 Å².